The fraction of sp³-hybridized carbons (Fsp3) is 0.333. The summed E-state index contributed by atoms with van der Waals surface area (Å²) < 4.78 is 6.25. The lowest BCUT2D eigenvalue weighted by molar-refractivity contribution is -0.172. The number of carbonyl (C=O) groups is 1. The number of aromatic nitrogens is 1. The molecule has 0 aliphatic carbocycles. The van der Waals surface area contributed by atoms with E-state index in [1.54, 1.807) is 6.20 Å². The van der Waals surface area contributed by atoms with Crippen molar-refractivity contribution >= 4 is 32.6 Å². The number of likely N-dealkylation sites (tertiary alicyclic amines) is 1. The minimum atomic E-state index is -0.0400. The van der Waals surface area contributed by atoms with E-state index in [2.05, 4.69) is 20.9 Å². The monoisotopic (exact) mass is 332 g/mol. The molecule has 0 unspecified atom stereocenters. The lowest BCUT2D eigenvalue weighted by atomic mass is 9.82. The van der Waals surface area contributed by atoms with Gasteiger partial charge in [0.2, 0.25) is 0 Å². The summed E-state index contributed by atoms with van der Waals surface area (Å²) in [6, 6.07) is 7.80. The van der Waals surface area contributed by atoms with Crippen molar-refractivity contribution in [1.82, 2.24) is 9.88 Å². The SMILES string of the molecule is O=C(c1cc2c(Br)cccc2cn1)N1CCC12COC2. The first kappa shape index (κ1) is 12.3. The maximum atomic E-state index is 12.6. The largest absolute Gasteiger partial charge is 0.376 e. The Labute approximate surface area is 124 Å². The number of ether oxygens (including phenoxy) is 1. The first-order chi connectivity index (χ1) is 9.70. The van der Waals surface area contributed by atoms with E-state index in [9.17, 15) is 4.79 Å². The molecule has 1 amide bonds. The van der Waals surface area contributed by atoms with Crippen LogP contribution in [0.2, 0.25) is 0 Å². The molecule has 4 rings (SSSR count). The zero-order chi connectivity index (χ0) is 13.7. The average molecular weight is 333 g/mol. The van der Waals surface area contributed by atoms with Gasteiger partial charge in [0.25, 0.3) is 5.91 Å². The van der Waals surface area contributed by atoms with E-state index in [0.717, 1.165) is 28.2 Å². The number of halogens is 1. The van der Waals surface area contributed by atoms with Crippen LogP contribution in [0.3, 0.4) is 0 Å². The third-order valence-corrected chi connectivity index (χ3v) is 4.98. The van der Waals surface area contributed by atoms with Gasteiger partial charge in [0.05, 0.1) is 18.8 Å². The van der Waals surface area contributed by atoms with Crippen molar-refractivity contribution in [1.29, 1.82) is 0 Å². The highest BCUT2D eigenvalue weighted by Gasteiger charge is 2.53. The molecule has 102 valence electrons. The predicted molar refractivity (Wildman–Crippen MR) is 78.6 cm³/mol. The molecule has 2 aliphatic heterocycles. The number of rotatable bonds is 1. The molecule has 0 saturated carbocycles. The summed E-state index contributed by atoms with van der Waals surface area (Å²) in [6.45, 7) is 2.13. The smallest absolute Gasteiger partial charge is 0.273 e. The third kappa shape index (κ3) is 1.63. The molecule has 1 aromatic carbocycles. The highest BCUT2D eigenvalue weighted by molar-refractivity contribution is 9.10. The van der Waals surface area contributed by atoms with Crippen LogP contribution in [-0.4, -0.2) is 41.1 Å². The van der Waals surface area contributed by atoms with Crippen LogP contribution in [0.25, 0.3) is 10.8 Å². The van der Waals surface area contributed by atoms with Crippen LogP contribution < -0.4 is 0 Å². The van der Waals surface area contributed by atoms with Gasteiger partial charge in [-0.2, -0.15) is 0 Å². The maximum absolute atomic E-state index is 12.6. The number of amides is 1. The first-order valence-electron chi connectivity index (χ1n) is 6.64. The molecule has 5 heteroatoms. The summed E-state index contributed by atoms with van der Waals surface area (Å²) in [5.41, 5.74) is 0.470. The van der Waals surface area contributed by atoms with E-state index in [4.69, 9.17) is 4.74 Å². The van der Waals surface area contributed by atoms with Crippen LogP contribution in [0.15, 0.2) is 34.9 Å². The van der Waals surface area contributed by atoms with Crippen LogP contribution in [-0.2, 0) is 4.74 Å². The van der Waals surface area contributed by atoms with Crippen molar-refractivity contribution in [2.24, 2.45) is 0 Å². The van der Waals surface area contributed by atoms with Gasteiger partial charge in [0.1, 0.15) is 5.69 Å². The number of carbonyl (C=O) groups excluding carboxylic acids is 1. The second-order valence-electron chi connectivity index (χ2n) is 5.45. The lowest BCUT2D eigenvalue weighted by Gasteiger charge is -2.57. The molecule has 1 aromatic heterocycles. The van der Waals surface area contributed by atoms with Crippen molar-refractivity contribution in [2.45, 2.75) is 12.0 Å². The number of fused-ring (bicyclic) bond motifs is 1. The Morgan fingerprint density at radius 1 is 1.40 bits per heavy atom. The Hall–Kier alpha value is -1.46. The molecule has 0 bridgehead atoms. The topological polar surface area (TPSA) is 42.4 Å². The number of hydrogen-bond acceptors (Lipinski definition) is 3. The Bertz CT molecular complexity index is 707. The molecule has 2 aliphatic rings. The van der Waals surface area contributed by atoms with E-state index in [1.165, 1.54) is 0 Å². The quantitative estimate of drug-likeness (QED) is 0.806. The van der Waals surface area contributed by atoms with Crippen molar-refractivity contribution < 1.29 is 9.53 Å². The van der Waals surface area contributed by atoms with Gasteiger partial charge in [-0.25, -0.2) is 0 Å². The van der Waals surface area contributed by atoms with Crippen molar-refractivity contribution in [2.75, 3.05) is 19.8 Å². The normalized spacial score (nSPS) is 19.8. The van der Waals surface area contributed by atoms with Crippen LogP contribution in [0.4, 0.5) is 0 Å². The molecule has 3 heterocycles. The van der Waals surface area contributed by atoms with Gasteiger partial charge in [-0.1, -0.05) is 28.1 Å². The summed E-state index contributed by atoms with van der Waals surface area (Å²) in [5.74, 6) is 0.0113. The lowest BCUT2D eigenvalue weighted by Crippen LogP contribution is -2.72. The molecule has 0 atom stereocenters. The molecule has 4 nitrogen and oxygen atoms in total. The molecular formula is C15H13BrN2O2. The van der Waals surface area contributed by atoms with E-state index >= 15 is 0 Å². The standard InChI is InChI=1S/C15H13BrN2O2/c16-12-3-1-2-10-7-17-13(6-11(10)12)14(19)18-5-4-15(18)8-20-9-15/h1-3,6-7H,4-5,8-9H2. The zero-order valence-corrected chi connectivity index (χ0v) is 12.4. The Kier molecular flexibility index (Phi) is 2.62. The third-order valence-electron chi connectivity index (χ3n) is 4.29. The zero-order valence-electron chi connectivity index (χ0n) is 10.8. The van der Waals surface area contributed by atoms with Crippen molar-refractivity contribution in [3.05, 3.63) is 40.6 Å². The Balaban J connectivity index is 1.71. The highest BCUT2D eigenvalue weighted by Crippen LogP contribution is 2.38. The molecular weight excluding hydrogens is 320 g/mol. The Morgan fingerprint density at radius 2 is 2.25 bits per heavy atom. The van der Waals surface area contributed by atoms with E-state index in [0.29, 0.717) is 18.9 Å². The molecule has 2 saturated heterocycles. The van der Waals surface area contributed by atoms with Gasteiger partial charge >= 0.3 is 0 Å². The van der Waals surface area contributed by atoms with E-state index in [1.807, 2.05) is 29.2 Å². The van der Waals surface area contributed by atoms with Gasteiger partial charge in [-0.3, -0.25) is 9.78 Å². The number of pyridine rings is 1. The summed E-state index contributed by atoms with van der Waals surface area (Å²) >= 11 is 3.52. The van der Waals surface area contributed by atoms with Crippen LogP contribution >= 0.6 is 15.9 Å². The van der Waals surface area contributed by atoms with Gasteiger partial charge in [0, 0.05) is 22.6 Å². The summed E-state index contributed by atoms with van der Waals surface area (Å²) in [6.07, 6.45) is 2.80. The second kappa shape index (κ2) is 4.27. The minimum Gasteiger partial charge on any atom is -0.376 e. The number of nitrogens with zero attached hydrogens (tertiary/aromatic N) is 2. The average Bonchev–Trinajstić information content (AvgIpc) is 2.36. The van der Waals surface area contributed by atoms with Crippen LogP contribution in [0.1, 0.15) is 16.9 Å². The molecule has 2 aromatic rings. The minimum absolute atomic E-state index is 0.0113. The number of hydrogen-bond donors (Lipinski definition) is 0. The molecule has 0 N–H and O–H groups in total. The van der Waals surface area contributed by atoms with Gasteiger partial charge in [-0.15, -0.1) is 0 Å². The predicted octanol–water partition coefficient (Wildman–Crippen LogP) is 2.61. The first-order valence-corrected chi connectivity index (χ1v) is 7.43. The van der Waals surface area contributed by atoms with E-state index < -0.39 is 0 Å². The fourth-order valence-corrected chi connectivity index (χ4v) is 3.38. The molecule has 20 heavy (non-hydrogen) atoms. The Morgan fingerprint density at radius 3 is 2.90 bits per heavy atom. The molecule has 0 radical (unpaired) electrons. The van der Waals surface area contributed by atoms with Gasteiger partial charge < -0.3 is 9.64 Å². The van der Waals surface area contributed by atoms with Crippen molar-refractivity contribution in [3.63, 3.8) is 0 Å². The summed E-state index contributed by atoms with van der Waals surface area (Å²) in [7, 11) is 0. The highest BCUT2D eigenvalue weighted by atomic mass is 79.9. The van der Waals surface area contributed by atoms with E-state index in [-0.39, 0.29) is 11.4 Å². The van der Waals surface area contributed by atoms with Crippen LogP contribution in [0, 0.1) is 0 Å². The van der Waals surface area contributed by atoms with Crippen LogP contribution in [0.5, 0.6) is 0 Å². The summed E-state index contributed by atoms with van der Waals surface area (Å²) in [5, 5.41) is 2.05. The molecule has 1 spiro atoms. The van der Waals surface area contributed by atoms with Crippen molar-refractivity contribution in [3.8, 4) is 0 Å². The van der Waals surface area contributed by atoms with Gasteiger partial charge in [-0.05, 0) is 23.9 Å². The second-order valence-corrected chi connectivity index (χ2v) is 6.31. The summed E-state index contributed by atoms with van der Waals surface area (Å²) in [4.78, 5) is 18.8. The molecule has 2 fully saturated rings. The fourth-order valence-electron chi connectivity index (χ4n) is 2.88. The van der Waals surface area contributed by atoms with Gasteiger partial charge in [0.15, 0.2) is 0 Å². The maximum Gasteiger partial charge on any atom is 0.273 e. The number of benzene rings is 1.